The summed E-state index contributed by atoms with van der Waals surface area (Å²) < 4.78 is 27.2. The molecule has 0 aromatic heterocycles. The van der Waals surface area contributed by atoms with E-state index in [-0.39, 0.29) is 35.2 Å². The van der Waals surface area contributed by atoms with Crippen LogP contribution in [0.4, 0.5) is 4.39 Å². The van der Waals surface area contributed by atoms with E-state index in [1.54, 1.807) is 12.1 Å². The van der Waals surface area contributed by atoms with Gasteiger partial charge in [-0.25, -0.2) is 4.39 Å². The second kappa shape index (κ2) is 16.2. The first-order valence-corrected chi connectivity index (χ1v) is 18.5. The Labute approximate surface area is 286 Å². The number of hydrogen-bond donors (Lipinski definition) is 0. The average Bonchev–Trinajstić information content (AvgIpc) is 3.11. The number of carbonyl (C=O) groups is 1. The summed E-state index contributed by atoms with van der Waals surface area (Å²) in [5.41, 5.74) is 3.17. The summed E-state index contributed by atoms with van der Waals surface area (Å²) in [5, 5.41) is 2.13. The van der Waals surface area contributed by atoms with Gasteiger partial charge in [0.2, 0.25) is 0 Å². The van der Waals surface area contributed by atoms with Crippen molar-refractivity contribution in [2.45, 2.75) is 57.3 Å². The van der Waals surface area contributed by atoms with Gasteiger partial charge in [-0.2, -0.15) is 0 Å². The fourth-order valence-electron chi connectivity index (χ4n) is 6.82. The summed E-state index contributed by atoms with van der Waals surface area (Å²) >= 11 is 0. The molecule has 0 aliphatic heterocycles. The highest BCUT2D eigenvalue weighted by Crippen LogP contribution is 2.38. The molecule has 5 aromatic carbocycles. The second-order valence-corrected chi connectivity index (χ2v) is 17.7. The number of rotatable bonds is 14. The number of benzene rings is 5. The fraction of sp³-hybridized carbons (Fsp3) is 0.262. The van der Waals surface area contributed by atoms with Gasteiger partial charge in [-0.3, -0.25) is 9.69 Å². The maximum Gasteiger partial charge on any atom is 0.306 e. The van der Waals surface area contributed by atoms with E-state index in [1.165, 1.54) is 29.6 Å². The maximum atomic E-state index is 14.3. The minimum absolute atomic E-state index is 0.122. The van der Waals surface area contributed by atoms with Gasteiger partial charge in [0.05, 0.1) is 20.1 Å². The van der Waals surface area contributed by atoms with Crippen molar-refractivity contribution < 1.29 is 18.3 Å². The van der Waals surface area contributed by atoms with Crippen LogP contribution in [0.5, 0.6) is 0 Å². The van der Waals surface area contributed by atoms with Crippen molar-refractivity contribution in [3.63, 3.8) is 0 Å². The lowest BCUT2D eigenvalue weighted by Gasteiger charge is -2.46. The topological polar surface area (TPSA) is 38.8 Å². The Hall–Kier alpha value is -4.36. The van der Waals surface area contributed by atoms with Crippen LogP contribution < -0.4 is 10.4 Å². The first-order chi connectivity index (χ1) is 23.2. The molecule has 0 aliphatic carbocycles. The van der Waals surface area contributed by atoms with Gasteiger partial charge in [0.1, 0.15) is 5.82 Å². The quantitative estimate of drug-likeness (QED) is 0.0892. The third-order valence-electron chi connectivity index (χ3n) is 9.19. The molecular formula is C42H46FNO3Si. The second-order valence-electron chi connectivity index (χ2n) is 13.4. The minimum Gasteiger partial charge on any atom is -0.469 e. The van der Waals surface area contributed by atoms with Crippen LogP contribution in [-0.2, 0) is 27.0 Å². The number of esters is 1. The van der Waals surface area contributed by atoms with Crippen LogP contribution in [-0.4, -0.2) is 38.9 Å². The summed E-state index contributed by atoms with van der Waals surface area (Å²) in [6.07, 6.45) is 0.122. The first-order valence-electron chi connectivity index (χ1n) is 16.6. The van der Waals surface area contributed by atoms with E-state index < -0.39 is 8.32 Å². The lowest BCUT2D eigenvalue weighted by atomic mass is 9.87. The molecule has 2 atom stereocenters. The van der Waals surface area contributed by atoms with Gasteiger partial charge in [0.15, 0.2) is 0 Å². The van der Waals surface area contributed by atoms with Gasteiger partial charge < -0.3 is 9.16 Å². The molecule has 248 valence electrons. The Morgan fingerprint density at radius 2 is 1.12 bits per heavy atom. The summed E-state index contributed by atoms with van der Waals surface area (Å²) in [4.78, 5) is 15.6. The predicted molar refractivity (Wildman–Crippen MR) is 195 cm³/mol. The van der Waals surface area contributed by atoms with E-state index in [1.807, 2.05) is 24.3 Å². The van der Waals surface area contributed by atoms with Crippen LogP contribution in [0.2, 0.25) is 5.04 Å². The third-order valence-corrected chi connectivity index (χ3v) is 14.2. The maximum absolute atomic E-state index is 14.3. The minimum atomic E-state index is -2.95. The van der Waals surface area contributed by atoms with Gasteiger partial charge in [-0.1, -0.05) is 154 Å². The summed E-state index contributed by atoms with van der Waals surface area (Å²) in [6, 6.07) is 48.2. The van der Waals surface area contributed by atoms with Gasteiger partial charge in [0, 0.05) is 25.0 Å². The van der Waals surface area contributed by atoms with Crippen molar-refractivity contribution in [3.8, 4) is 0 Å². The molecule has 0 radical (unpaired) electrons. The van der Waals surface area contributed by atoms with Crippen LogP contribution >= 0.6 is 0 Å². The zero-order valence-corrected chi connectivity index (χ0v) is 29.4. The van der Waals surface area contributed by atoms with Gasteiger partial charge in [0.25, 0.3) is 8.32 Å². The molecule has 0 N–H and O–H groups in total. The zero-order chi connectivity index (χ0) is 34.0. The molecule has 0 spiro atoms. The van der Waals surface area contributed by atoms with Crippen molar-refractivity contribution in [2.75, 3.05) is 13.7 Å². The number of halogens is 1. The normalized spacial score (nSPS) is 13.2. The molecule has 0 heterocycles. The highest BCUT2D eigenvalue weighted by Gasteiger charge is 2.51. The smallest absolute Gasteiger partial charge is 0.306 e. The molecular weight excluding hydrogens is 614 g/mol. The van der Waals surface area contributed by atoms with E-state index in [4.69, 9.17) is 9.16 Å². The number of methoxy groups -OCH3 is 1. The molecule has 0 fully saturated rings. The van der Waals surface area contributed by atoms with E-state index in [0.29, 0.717) is 19.7 Å². The Kier molecular flexibility index (Phi) is 11.8. The number of nitrogens with zero attached hydrogens (tertiary/aromatic N) is 1. The SMILES string of the molecule is COC(=O)C[C@H](c1ccc(F)cc1)[C@H](CO[Si](c1ccccc1)(c1ccccc1)C(C)(C)C)N(Cc1ccccc1)Cc1ccccc1. The van der Waals surface area contributed by atoms with Crippen molar-refractivity contribution in [1.82, 2.24) is 4.90 Å². The number of ether oxygens (including phenoxy) is 1. The lowest BCUT2D eigenvalue weighted by molar-refractivity contribution is -0.141. The van der Waals surface area contributed by atoms with Crippen LogP contribution in [0, 0.1) is 5.82 Å². The van der Waals surface area contributed by atoms with E-state index in [0.717, 1.165) is 16.7 Å². The molecule has 0 aliphatic rings. The Morgan fingerprint density at radius 3 is 1.54 bits per heavy atom. The van der Waals surface area contributed by atoms with E-state index >= 15 is 0 Å². The average molecular weight is 660 g/mol. The van der Waals surface area contributed by atoms with E-state index in [9.17, 15) is 9.18 Å². The molecule has 0 saturated carbocycles. The third kappa shape index (κ3) is 8.37. The fourth-order valence-corrected chi connectivity index (χ4v) is 11.4. The molecule has 48 heavy (non-hydrogen) atoms. The van der Waals surface area contributed by atoms with Gasteiger partial charge in [-0.15, -0.1) is 0 Å². The van der Waals surface area contributed by atoms with E-state index in [2.05, 4.69) is 123 Å². The van der Waals surface area contributed by atoms with Crippen LogP contribution in [0.1, 0.15) is 49.8 Å². The molecule has 0 bridgehead atoms. The standard InChI is InChI=1S/C42H46FNO3Si/c1-42(2,3)48(37-21-13-7-14-22-37,38-23-15-8-16-24-38)47-32-40(39(29-41(45)46-4)35-25-27-36(43)28-26-35)44(30-33-17-9-5-10-18-33)31-34-19-11-6-12-20-34/h5-28,39-40H,29-32H2,1-4H3/t39-,40+/m1/s1. The summed E-state index contributed by atoms with van der Waals surface area (Å²) in [7, 11) is -1.53. The summed E-state index contributed by atoms with van der Waals surface area (Å²) in [6.45, 7) is 8.41. The van der Waals surface area contributed by atoms with Crippen molar-refractivity contribution in [3.05, 3.63) is 168 Å². The van der Waals surface area contributed by atoms with Crippen LogP contribution in [0.3, 0.4) is 0 Å². The molecule has 0 saturated heterocycles. The van der Waals surface area contributed by atoms with Crippen molar-refractivity contribution in [1.29, 1.82) is 0 Å². The molecule has 4 nitrogen and oxygen atoms in total. The van der Waals surface area contributed by atoms with Crippen LogP contribution in [0.25, 0.3) is 0 Å². The lowest BCUT2D eigenvalue weighted by Crippen LogP contribution is -2.67. The Morgan fingerprint density at radius 1 is 0.688 bits per heavy atom. The Balaban J connectivity index is 1.69. The van der Waals surface area contributed by atoms with Crippen LogP contribution in [0.15, 0.2) is 146 Å². The van der Waals surface area contributed by atoms with Crippen molar-refractivity contribution >= 4 is 24.7 Å². The molecule has 5 aromatic rings. The largest absolute Gasteiger partial charge is 0.469 e. The molecule has 6 heteroatoms. The summed E-state index contributed by atoms with van der Waals surface area (Å²) in [5.74, 6) is -0.982. The predicted octanol–water partition coefficient (Wildman–Crippen LogP) is 8.12. The highest BCUT2D eigenvalue weighted by molar-refractivity contribution is 6.99. The zero-order valence-electron chi connectivity index (χ0n) is 28.4. The van der Waals surface area contributed by atoms with Gasteiger partial charge in [-0.05, 0) is 44.2 Å². The molecule has 0 amide bonds. The molecule has 0 unspecified atom stereocenters. The Bertz CT molecular complexity index is 1610. The van der Waals surface area contributed by atoms with Crippen molar-refractivity contribution in [2.24, 2.45) is 0 Å². The highest BCUT2D eigenvalue weighted by atomic mass is 28.4. The molecule has 5 rings (SSSR count). The first kappa shape index (κ1) is 35.0. The number of carbonyl (C=O) groups excluding carboxylic acids is 1. The van der Waals surface area contributed by atoms with Gasteiger partial charge >= 0.3 is 5.97 Å². The number of hydrogen-bond acceptors (Lipinski definition) is 4. The monoisotopic (exact) mass is 659 g/mol.